The minimum absolute atomic E-state index is 0.129. The minimum Gasteiger partial charge on any atom is -0.348 e. The van der Waals surface area contributed by atoms with Gasteiger partial charge in [0.1, 0.15) is 4.21 Å². The first-order valence-electron chi connectivity index (χ1n) is 6.24. The van der Waals surface area contributed by atoms with Gasteiger partial charge in [-0.05, 0) is 29.8 Å². The lowest BCUT2D eigenvalue weighted by atomic mass is 10.3. The molecule has 0 aliphatic carbocycles. The Morgan fingerprint density at radius 3 is 2.52 bits per heavy atom. The van der Waals surface area contributed by atoms with Gasteiger partial charge in [-0.2, -0.15) is 4.31 Å². The van der Waals surface area contributed by atoms with Crippen LogP contribution >= 0.6 is 22.7 Å². The molecule has 114 valence electrons. The van der Waals surface area contributed by atoms with Crippen LogP contribution in [0, 0.1) is 0 Å². The molecule has 1 atom stereocenters. The van der Waals surface area contributed by atoms with Crippen LogP contribution in [0.1, 0.15) is 17.8 Å². The predicted molar refractivity (Wildman–Crippen MR) is 85.0 cm³/mol. The standard InChI is InChI=1S/C13H16N2O3S3/c1-10(11-5-3-7-19-11)14-12(16)9-15(2)21(17,18)13-6-4-8-20-13/h3-8,10H,9H2,1-2H3,(H,14,16)/t10-/m1/s1. The molecule has 21 heavy (non-hydrogen) atoms. The highest BCUT2D eigenvalue weighted by Crippen LogP contribution is 2.20. The van der Waals surface area contributed by atoms with E-state index in [1.54, 1.807) is 22.8 Å². The lowest BCUT2D eigenvalue weighted by Crippen LogP contribution is -2.38. The Hall–Kier alpha value is -1.22. The Balaban J connectivity index is 1.96. The van der Waals surface area contributed by atoms with E-state index in [9.17, 15) is 13.2 Å². The van der Waals surface area contributed by atoms with E-state index < -0.39 is 10.0 Å². The molecule has 2 rings (SSSR count). The number of hydrogen-bond donors (Lipinski definition) is 1. The molecule has 2 aromatic rings. The van der Waals surface area contributed by atoms with Crippen LogP contribution in [0.3, 0.4) is 0 Å². The summed E-state index contributed by atoms with van der Waals surface area (Å²) >= 11 is 2.69. The van der Waals surface area contributed by atoms with Crippen LogP contribution in [0.2, 0.25) is 0 Å². The number of carbonyl (C=O) groups is 1. The number of thiophene rings is 2. The molecule has 0 fully saturated rings. The van der Waals surface area contributed by atoms with Gasteiger partial charge in [0.05, 0.1) is 12.6 Å². The van der Waals surface area contributed by atoms with Crippen molar-refractivity contribution in [3.05, 3.63) is 39.9 Å². The smallest absolute Gasteiger partial charge is 0.252 e. The Bertz CT molecular complexity index is 678. The van der Waals surface area contributed by atoms with E-state index >= 15 is 0 Å². The average Bonchev–Trinajstić information content (AvgIpc) is 3.12. The van der Waals surface area contributed by atoms with E-state index in [0.717, 1.165) is 20.5 Å². The van der Waals surface area contributed by atoms with Crippen LogP contribution in [0.4, 0.5) is 0 Å². The number of carbonyl (C=O) groups excluding carboxylic acids is 1. The van der Waals surface area contributed by atoms with Crippen molar-refractivity contribution in [1.29, 1.82) is 0 Å². The number of hydrogen-bond acceptors (Lipinski definition) is 5. The average molecular weight is 344 g/mol. The highest BCUT2D eigenvalue weighted by Gasteiger charge is 2.24. The highest BCUT2D eigenvalue weighted by molar-refractivity contribution is 7.91. The predicted octanol–water partition coefficient (Wildman–Crippen LogP) is 2.31. The van der Waals surface area contributed by atoms with Crippen LogP contribution in [0.25, 0.3) is 0 Å². The summed E-state index contributed by atoms with van der Waals surface area (Å²) in [5.74, 6) is -0.321. The molecule has 0 aliphatic heterocycles. The monoisotopic (exact) mass is 344 g/mol. The fourth-order valence-corrected chi connectivity index (χ4v) is 4.81. The van der Waals surface area contributed by atoms with Crippen LogP contribution in [-0.4, -0.2) is 32.2 Å². The van der Waals surface area contributed by atoms with Crippen molar-refractivity contribution < 1.29 is 13.2 Å². The molecule has 2 aromatic heterocycles. The summed E-state index contributed by atoms with van der Waals surface area (Å²) < 4.78 is 25.7. The summed E-state index contributed by atoms with van der Waals surface area (Å²) in [6.45, 7) is 1.67. The maximum atomic E-state index is 12.2. The van der Waals surface area contributed by atoms with Gasteiger partial charge in [-0.3, -0.25) is 4.79 Å². The first kappa shape index (κ1) is 16.2. The SMILES string of the molecule is C[C@@H](NC(=O)CN(C)S(=O)(=O)c1cccs1)c1cccs1. The Morgan fingerprint density at radius 1 is 1.29 bits per heavy atom. The van der Waals surface area contributed by atoms with Gasteiger partial charge in [-0.1, -0.05) is 12.1 Å². The van der Waals surface area contributed by atoms with Crippen molar-refractivity contribution in [2.24, 2.45) is 0 Å². The molecule has 2 heterocycles. The fraction of sp³-hybridized carbons (Fsp3) is 0.308. The number of rotatable bonds is 6. The molecule has 0 radical (unpaired) electrons. The number of likely N-dealkylation sites (N-methyl/N-ethyl adjacent to an activating group) is 1. The Labute approximate surface area is 132 Å². The highest BCUT2D eigenvalue weighted by atomic mass is 32.2. The summed E-state index contributed by atoms with van der Waals surface area (Å²) in [4.78, 5) is 13.0. The van der Waals surface area contributed by atoms with Gasteiger partial charge < -0.3 is 5.32 Å². The van der Waals surface area contributed by atoms with Gasteiger partial charge in [0.15, 0.2) is 0 Å². The van der Waals surface area contributed by atoms with E-state index in [1.165, 1.54) is 13.1 Å². The van der Waals surface area contributed by atoms with Gasteiger partial charge in [0, 0.05) is 11.9 Å². The maximum Gasteiger partial charge on any atom is 0.252 e. The number of amides is 1. The van der Waals surface area contributed by atoms with Crippen molar-refractivity contribution in [1.82, 2.24) is 9.62 Å². The molecule has 0 bridgehead atoms. The zero-order chi connectivity index (χ0) is 15.5. The summed E-state index contributed by atoms with van der Waals surface area (Å²) in [5, 5.41) is 6.43. The van der Waals surface area contributed by atoms with Crippen molar-refractivity contribution >= 4 is 38.6 Å². The second-order valence-electron chi connectivity index (χ2n) is 4.50. The molecule has 0 spiro atoms. The molecule has 0 aromatic carbocycles. The molecule has 0 aliphatic rings. The van der Waals surface area contributed by atoms with Crippen molar-refractivity contribution in [2.75, 3.05) is 13.6 Å². The first-order valence-corrected chi connectivity index (χ1v) is 9.44. The third-order valence-corrected chi connectivity index (χ3v) is 7.10. The van der Waals surface area contributed by atoms with Crippen molar-refractivity contribution in [3.63, 3.8) is 0 Å². The van der Waals surface area contributed by atoms with E-state index in [1.807, 2.05) is 24.4 Å². The Morgan fingerprint density at radius 2 is 1.95 bits per heavy atom. The van der Waals surface area contributed by atoms with Gasteiger partial charge in [-0.25, -0.2) is 8.42 Å². The topological polar surface area (TPSA) is 66.5 Å². The minimum atomic E-state index is -3.59. The summed E-state index contributed by atoms with van der Waals surface area (Å²) in [6, 6.07) is 6.92. The fourth-order valence-electron chi connectivity index (χ4n) is 1.75. The second kappa shape index (κ2) is 6.69. The van der Waals surface area contributed by atoms with E-state index in [-0.39, 0.29) is 22.7 Å². The molecule has 5 nitrogen and oxygen atoms in total. The summed E-state index contributed by atoms with van der Waals surface area (Å²) in [7, 11) is -2.18. The number of nitrogens with zero attached hydrogens (tertiary/aromatic N) is 1. The van der Waals surface area contributed by atoms with Crippen LogP contribution in [0.15, 0.2) is 39.2 Å². The van der Waals surface area contributed by atoms with Gasteiger partial charge in [-0.15, -0.1) is 22.7 Å². The van der Waals surface area contributed by atoms with Crippen LogP contribution in [-0.2, 0) is 14.8 Å². The van der Waals surface area contributed by atoms with Gasteiger partial charge in [0.2, 0.25) is 5.91 Å². The van der Waals surface area contributed by atoms with Gasteiger partial charge in [0.25, 0.3) is 10.0 Å². The van der Waals surface area contributed by atoms with Crippen molar-refractivity contribution in [2.45, 2.75) is 17.2 Å². The maximum absolute atomic E-state index is 12.2. The van der Waals surface area contributed by atoms with E-state index in [4.69, 9.17) is 0 Å². The second-order valence-corrected chi connectivity index (χ2v) is 8.70. The molecular weight excluding hydrogens is 328 g/mol. The zero-order valence-electron chi connectivity index (χ0n) is 11.6. The first-order chi connectivity index (χ1) is 9.91. The van der Waals surface area contributed by atoms with E-state index in [0.29, 0.717) is 0 Å². The molecule has 0 unspecified atom stereocenters. The molecular formula is C13H16N2O3S3. The van der Waals surface area contributed by atoms with E-state index in [2.05, 4.69) is 5.32 Å². The van der Waals surface area contributed by atoms with Gasteiger partial charge >= 0.3 is 0 Å². The van der Waals surface area contributed by atoms with Crippen LogP contribution in [0.5, 0.6) is 0 Å². The summed E-state index contributed by atoms with van der Waals surface area (Å²) in [5.41, 5.74) is 0. The quantitative estimate of drug-likeness (QED) is 0.874. The van der Waals surface area contributed by atoms with Crippen LogP contribution < -0.4 is 5.32 Å². The lowest BCUT2D eigenvalue weighted by molar-refractivity contribution is -0.121. The molecule has 0 saturated carbocycles. The molecule has 1 amide bonds. The molecule has 0 saturated heterocycles. The van der Waals surface area contributed by atoms with Crippen molar-refractivity contribution in [3.8, 4) is 0 Å². The third kappa shape index (κ3) is 3.91. The number of sulfonamides is 1. The largest absolute Gasteiger partial charge is 0.348 e. The Kier molecular flexibility index (Phi) is 5.15. The molecule has 1 N–H and O–H groups in total. The normalized spacial score (nSPS) is 13.3. The number of nitrogens with one attached hydrogen (secondary N) is 1. The lowest BCUT2D eigenvalue weighted by Gasteiger charge is -2.18. The third-order valence-electron chi connectivity index (χ3n) is 2.87. The summed E-state index contributed by atoms with van der Waals surface area (Å²) in [6.07, 6.45) is 0. The molecule has 8 heteroatoms. The zero-order valence-corrected chi connectivity index (χ0v) is 14.1.